The number of esters is 1. The van der Waals surface area contributed by atoms with E-state index in [2.05, 4.69) is 0 Å². The summed E-state index contributed by atoms with van der Waals surface area (Å²) in [7, 11) is 3.71. The van der Waals surface area contributed by atoms with E-state index < -0.39 is 24.3 Å². The third-order valence-electron chi connectivity index (χ3n) is 5.50. The maximum Gasteiger partial charge on any atom is 0.495 e. The average Bonchev–Trinajstić information content (AvgIpc) is 2.98. The normalized spacial score (nSPS) is 20.3. The number of fused-ring (bicyclic) bond motifs is 1. The van der Waals surface area contributed by atoms with Crippen LogP contribution in [-0.2, 0) is 20.6 Å². The summed E-state index contributed by atoms with van der Waals surface area (Å²) in [5.41, 5.74) is 0.645. The Hall–Kier alpha value is -2.06. The smallest absolute Gasteiger partial charge is 0.495 e. The van der Waals surface area contributed by atoms with E-state index in [1.165, 1.54) is 19.1 Å². The summed E-state index contributed by atoms with van der Waals surface area (Å²) < 4.78 is 22.7. The number of ether oxygens (including phenoxy) is 2. The summed E-state index contributed by atoms with van der Waals surface area (Å²) in [6.45, 7) is 8.04. The van der Waals surface area contributed by atoms with Crippen LogP contribution in [0.2, 0.25) is 0 Å². The van der Waals surface area contributed by atoms with Crippen molar-refractivity contribution in [3.63, 3.8) is 0 Å². The minimum atomic E-state index is -0.769. The Bertz CT molecular complexity index is 772. The fraction of sp³-hybridized carbons (Fsp3) is 0.556. The number of methoxy groups -OCH3 is 2. The largest absolute Gasteiger partial charge is 0.496 e. The highest BCUT2D eigenvalue weighted by atomic mass is 16.7. The van der Waals surface area contributed by atoms with Gasteiger partial charge in [-0.25, -0.2) is 4.79 Å². The molecule has 1 amide bonds. The van der Waals surface area contributed by atoms with Gasteiger partial charge in [0.2, 0.25) is 0 Å². The van der Waals surface area contributed by atoms with E-state index in [1.807, 2.05) is 27.7 Å². The van der Waals surface area contributed by atoms with E-state index >= 15 is 0 Å². The monoisotopic (exact) mass is 361 g/mol. The lowest BCUT2D eigenvalue weighted by Crippen LogP contribution is -2.41. The molecule has 1 aromatic carbocycles. The number of amides is 1. The van der Waals surface area contributed by atoms with Crippen LogP contribution in [0.25, 0.3) is 0 Å². The molecular weight excluding hydrogens is 337 g/mol. The first-order valence-electron chi connectivity index (χ1n) is 8.47. The van der Waals surface area contributed by atoms with Gasteiger partial charge in [-0.15, -0.1) is 0 Å². The van der Waals surface area contributed by atoms with Crippen LogP contribution in [0.5, 0.6) is 5.75 Å². The quantitative estimate of drug-likeness (QED) is 0.598. The first-order valence-corrected chi connectivity index (χ1v) is 8.47. The topological polar surface area (TPSA) is 74.3 Å². The van der Waals surface area contributed by atoms with Crippen molar-refractivity contribution in [2.75, 3.05) is 21.3 Å². The maximum absolute atomic E-state index is 12.6. The fourth-order valence-electron chi connectivity index (χ4n) is 3.29. The van der Waals surface area contributed by atoms with Gasteiger partial charge in [0, 0.05) is 24.6 Å². The molecule has 0 radical (unpaired) electrons. The van der Waals surface area contributed by atoms with Gasteiger partial charge >= 0.3 is 13.1 Å². The van der Waals surface area contributed by atoms with Crippen LogP contribution in [0, 0.1) is 0 Å². The molecular formula is C18H24BNO6. The molecule has 2 heterocycles. The Morgan fingerprint density at radius 1 is 1.19 bits per heavy atom. The number of carbonyl (C=O) groups is 2. The lowest BCUT2D eigenvalue weighted by Gasteiger charge is -2.32. The van der Waals surface area contributed by atoms with Crippen LogP contribution in [0.1, 0.15) is 54.0 Å². The molecule has 2 aliphatic heterocycles. The summed E-state index contributed by atoms with van der Waals surface area (Å²) in [4.78, 5) is 26.6. The molecule has 26 heavy (non-hydrogen) atoms. The number of benzene rings is 1. The van der Waals surface area contributed by atoms with Crippen LogP contribution in [-0.4, -0.2) is 56.4 Å². The summed E-state index contributed by atoms with van der Waals surface area (Å²) in [5.74, 6) is -0.328. The van der Waals surface area contributed by atoms with Crippen molar-refractivity contribution in [1.29, 1.82) is 0 Å². The van der Waals surface area contributed by atoms with Crippen molar-refractivity contribution in [3.05, 3.63) is 22.8 Å². The van der Waals surface area contributed by atoms with Crippen LogP contribution in [0.15, 0.2) is 6.07 Å². The predicted octanol–water partition coefficient (Wildman–Crippen LogP) is 1.37. The van der Waals surface area contributed by atoms with Gasteiger partial charge in [-0.2, -0.15) is 0 Å². The minimum absolute atomic E-state index is 0.192. The fourth-order valence-corrected chi connectivity index (χ4v) is 3.29. The van der Waals surface area contributed by atoms with E-state index in [4.69, 9.17) is 18.8 Å². The molecule has 1 saturated heterocycles. The zero-order chi connectivity index (χ0) is 19.4. The molecule has 0 aliphatic carbocycles. The van der Waals surface area contributed by atoms with E-state index in [9.17, 15) is 9.59 Å². The minimum Gasteiger partial charge on any atom is -0.496 e. The van der Waals surface area contributed by atoms with Crippen molar-refractivity contribution in [2.24, 2.45) is 0 Å². The highest BCUT2D eigenvalue weighted by molar-refractivity contribution is 6.64. The molecule has 0 saturated carbocycles. The SMILES string of the molecule is COC(=O)c1c(B2OC(C)(C)C(C)(C)O2)cc(OC)c2c1CN(C)C2=O. The zero-order valence-corrected chi connectivity index (χ0v) is 16.3. The van der Waals surface area contributed by atoms with Crippen molar-refractivity contribution in [3.8, 4) is 5.75 Å². The molecule has 3 rings (SSSR count). The molecule has 0 bridgehead atoms. The molecule has 1 fully saturated rings. The van der Waals surface area contributed by atoms with Crippen molar-refractivity contribution in [2.45, 2.75) is 45.4 Å². The number of nitrogens with zero attached hydrogens (tertiary/aromatic N) is 1. The Labute approximate surface area is 153 Å². The van der Waals surface area contributed by atoms with Crippen LogP contribution in [0.4, 0.5) is 0 Å². The van der Waals surface area contributed by atoms with Crippen molar-refractivity contribution < 1.29 is 28.4 Å². The maximum atomic E-state index is 12.6. The number of hydrogen-bond donors (Lipinski definition) is 0. The average molecular weight is 361 g/mol. The molecule has 140 valence electrons. The van der Waals surface area contributed by atoms with Crippen LogP contribution in [0.3, 0.4) is 0 Å². The number of hydrogen-bond acceptors (Lipinski definition) is 6. The molecule has 2 aliphatic rings. The van der Waals surface area contributed by atoms with Gasteiger partial charge < -0.3 is 23.7 Å². The number of rotatable bonds is 3. The molecule has 0 N–H and O–H groups in total. The lowest BCUT2D eigenvalue weighted by atomic mass is 9.73. The van der Waals surface area contributed by atoms with E-state index in [0.29, 0.717) is 34.4 Å². The van der Waals surface area contributed by atoms with Crippen molar-refractivity contribution >= 4 is 24.5 Å². The van der Waals surface area contributed by atoms with E-state index in [1.54, 1.807) is 13.1 Å². The Morgan fingerprint density at radius 2 is 1.77 bits per heavy atom. The van der Waals surface area contributed by atoms with Gasteiger partial charge in [-0.1, -0.05) is 0 Å². The van der Waals surface area contributed by atoms with Gasteiger partial charge in [0.25, 0.3) is 5.91 Å². The van der Waals surface area contributed by atoms with Gasteiger partial charge in [0.1, 0.15) is 5.75 Å². The van der Waals surface area contributed by atoms with E-state index in [-0.39, 0.29) is 5.91 Å². The van der Waals surface area contributed by atoms with E-state index in [0.717, 1.165) is 0 Å². The lowest BCUT2D eigenvalue weighted by molar-refractivity contribution is 0.00578. The molecule has 8 heteroatoms. The summed E-state index contributed by atoms with van der Waals surface area (Å²) >= 11 is 0. The highest BCUT2D eigenvalue weighted by Crippen LogP contribution is 2.39. The second-order valence-electron chi connectivity index (χ2n) is 7.64. The molecule has 0 aromatic heterocycles. The Morgan fingerprint density at radius 3 is 2.27 bits per heavy atom. The summed E-state index contributed by atoms with van der Waals surface area (Å²) in [6.07, 6.45) is 0. The first-order chi connectivity index (χ1) is 12.0. The van der Waals surface area contributed by atoms with Crippen LogP contribution >= 0.6 is 0 Å². The summed E-state index contributed by atoms with van der Waals surface area (Å²) in [5, 5.41) is 0. The molecule has 1 aromatic rings. The van der Waals surface area contributed by atoms with Gasteiger partial charge in [-0.05, 0) is 33.8 Å². The Kier molecular flexibility index (Phi) is 4.32. The highest BCUT2D eigenvalue weighted by Gasteiger charge is 2.53. The van der Waals surface area contributed by atoms with Gasteiger partial charge in [0.05, 0.1) is 36.5 Å². The summed E-state index contributed by atoms with van der Waals surface area (Å²) in [6, 6.07) is 1.64. The Balaban J connectivity index is 2.22. The standard InChI is InChI=1S/C18H24BNO6/c1-17(2)18(3,4)26-19(25-17)11-8-12(23-6)14-10(9-20(5)15(14)21)13(11)16(22)24-7/h8H,9H2,1-7H3. The van der Waals surface area contributed by atoms with Crippen LogP contribution < -0.4 is 10.2 Å². The molecule has 0 spiro atoms. The van der Waals surface area contributed by atoms with Gasteiger partial charge in [0.15, 0.2) is 0 Å². The molecule has 0 atom stereocenters. The van der Waals surface area contributed by atoms with Crippen molar-refractivity contribution in [1.82, 2.24) is 4.90 Å². The third kappa shape index (κ3) is 2.59. The zero-order valence-electron chi connectivity index (χ0n) is 16.3. The predicted molar refractivity (Wildman–Crippen MR) is 95.8 cm³/mol. The second kappa shape index (κ2) is 5.99. The molecule has 0 unspecified atom stereocenters. The number of carbonyl (C=O) groups excluding carboxylic acids is 2. The molecule has 7 nitrogen and oxygen atoms in total. The first kappa shape index (κ1) is 18.7. The second-order valence-corrected chi connectivity index (χ2v) is 7.64. The third-order valence-corrected chi connectivity index (χ3v) is 5.50. The van der Waals surface area contributed by atoms with Gasteiger partial charge in [-0.3, -0.25) is 4.79 Å².